The van der Waals surface area contributed by atoms with Crippen LogP contribution in [0, 0.1) is 12.7 Å². The molecule has 1 aliphatic heterocycles. The van der Waals surface area contributed by atoms with Crippen molar-refractivity contribution in [2.45, 2.75) is 52.7 Å². The number of rotatable bonds is 10. The third-order valence-electron chi connectivity index (χ3n) is 7.07. The molecule has 37 heavy (non-hydrogen) atoms. The van der Waals surface area contributed by atoms with E-state index in [4.69, 9.17) is 0 Å². The Morgan fingerprint density at radius 3 is 2.57 bits per heavy atom. The molecule has 0 fully saturated rings. The second-order valence-electron chi connectivity index (χ2n) is 10.2. The topological polar surface area (TPSA) is 85.0 Å². The van der Waals surface area contributed by atoms with E-state index < -0.39 is 0 Å². The van der Waals surface area contributed by atoms with Crippen molar-refractivity contribution in [2.24, 2.45) is 0 Å². The van der Waals surface area contributed by atoms with Gasteiger partial charge in [0.05, 0.1) is 6.54 Å². The van der Waals surface area contributed by atoms with Crippen LogP contribution in [0.3, 0.4) is 0 Å². The van der Waals surface area contributed by atoms with Gasteiger partial charge < -0.3 is 15.5 Å². The highest BCUT2D eigenvalue weighted by Gasteiger charge is 2.28. The van der Waals surface area contributed by atoms with Gasteiger partial charge in [-0.05, 0) is 53.8 Å². The Kier molecular flexibility index (Phi) is 8.24. The molecule has 0 atom stereocenters. The Balaban J connectivity index is 1.39. The first-order valence-electron chi connectivity index (χ1n) is 12.8. The predicted molar refractivity (Wildman–Crippen MR) is 140 cm³/mol. The van der Waals surface area contributed by atoms with Crippen LogP contribution < -0.4 is 10.6 Å². The minimum Gasteiger partial charge on any atom is -0.376 e. The maximum Gasteiger partial charge on any atom is 0.256 e. The van der Waals surface area contributed by atoms with Crippen LogP contribution in [0.25, 0.3) is 0 Å². The van der Waals surface area contributed by atoms with Gasteiger partial charge in [-0.3, -0.25) is 19.4 Å². The second-order valence-corrected chi connectivity index (χ2v) is 10.2. The molecule has 0 bridgehead atoms. The average molecular weight is 510 g/mol. The van der Waals surface area contributed by atoms with E-state index in [9.17, 15) is 18.8 Å². The molecule has 8 nitrogen and oxygen atoms in total. The fraction of sp³-hybridized carbons (Fsp3) is 0.464. The smallest absolute Gasteiger partial charge is 0.256 e. The fourth-order valence-corrected chi connectivity index (χ4v) is 4.85. The average Bonchev–Trinajstić information content (AvgIpc) is 3.43. The van der Waals surface area contributed by atoms with Crippen molar-refractivity contribution in [3.8, 4) is 0 Å². The van der Waals surface area contributed by atoms with E-state index in [2.05, 4.69) is 10.6 Å². The lowest BCUT2D eigenvalue weighted by atomic mass is 10.0. The third kappa shape index (κ3) is 6.34. The summed E-state index contributed by atoms with van der Waals surface area (Å²) in [6.07, 6.45) is 1.29. The number of nitrogens with zero attached hydrogens (tertiary/aromatic N) is 3. The van der Waals surface area contributed by atoms with E-state index in [1.54, 1.807) is 18.0 Å². The molecule has 0 aromatic heterocycles. The Morgan fingerprint density at radius 1 is 1.05 bits per heavy atom. The van der Waals surface area contributed by atoms with Gasteiger partial charge in [0.25, 0.3) is 5.91 Å². The van der Waals surface area contributed by atoms with Crippen LogP contribution in [-0.2, 0) is 29.1 Å². The van der Waals surface area contributed by atoms with Crippen LogP contribution in [0.2, 0.25) is 0 Å². The molecule has 0 radical (unpaired) electrons. The number of nitrogens with one attached hydrogen (secondary N) is 2. The zero-order valence-electron chi connectivity index (χ0n) is 22.1. The van der Waals surface area contributed by atoms with Crippen molar-refractivity contribution in [1.29, 1.82) is 0 Å². The van der Waals surface area contributed by atoms with Crippen molar-refractivity contribution < 1.29 is 18.8 Å². The van der Waals surface area contributed by atoms with Crippen molar-refractivity contribution in [3.63, 3.8) is 0 Å². The van der Waals surface area contributed by atoms with Gasteiger partial charge >= 0.3 is 0 Å². The number of Topliss-reactive ketones (excluding diaryl/α,β-unsaturated/α-hetero) is 1. The van der Waals surface area contributed by atoms with Gasteiger partial charge in [-0.15, -0.1) is 0 Å². The lowest BCUT2D eigenvalue weighted by molar-refractivity contribution is -0.151. The number of anilines is 1. The molecule has 2 aliphatic rings. The zero-order valence-corrected chi connectivity index (χ0v) is 22.1. The van der Waals surface area contributed by atoms with Crippen molar-refractivity contribution in [1.82, 2.24) is 20.2 Å². The number of carbonyl (C=O) groups excluding carboxylic acids is 3. The van der Waals surface area contributed by atoms with Crippen LogP contribution in [0.5, 0.6) is 0 Å². The summed E-state index contributed by atoms with van der Waals surface area (Å²) < 4.78 is 13.6. The lowest BCUT2D eigenvalue weighted by Crippen LogP contribution is -2.49. The minimum absolute atomic E-state index is 0.0148. The Labute approximate surface area is 217 Å². The van der Waals surface area contributed by atoms with Crippen LogP contribution in [0.1, 0.15) is 52.9 Å². The lowest BCUT2D eigenvalue weighted by Gasteiger charge is -2.31. The molecule has 2 N–H and O–H groups in total. The third-order valence-corrected chi connectivity index (χ3v) is 7.07. The second kappa shape index (κ2) is 11.4. The Bertz CT molecular complexity index is 1200. The molecule has 4 rings (SSSR count). The highest BCUT2D eigenvalue weighted by Crippen LogP contribution is 2.28. The minimum atomic E-state index is -0.292. The van der Waals surface area contributed by atoms with E-state index in [-0.39, 0.29) is 42.5 Å². The molecule has 1 heterocycles. The number of aryl methyl sites for hydroxylation is 2. The molecule has 0 unspecified atom stereocenters. The normalized spacial score (nSPS) is 14.6. The molecule has 0 spiro atoms. The maximum atomic E-state index is 13.6. The molecule has 0 saturated heterocycles. The summed E-state index contributed by atoms with van der Waals surface area (Å²) in [4.78, 5) is 40.1. The molecular formula is C28H36FN5O3. The summed E-state index contributed by atoms with van der Waals surface area (Å²) in [6, 6.07) is 8.78. The molecule has 2 amide bonds. The van der Waals surface area contributed by atoms with Crippen LogP contribution >= 0.6 is 0 Å². The molecule has 0 saturated carbocycles. The Morgan fingerprint density at radius 2 is 1.81 bits per heavy atom. The van der Waals surface area contributed by atoms with Crippen molar-refractivity contribution in [2.75, 3.05) is 38.5 Å². The van der Waals surface area contributed by atoms with Crippen LogP contribution in [0.4, 0.5) is 10.1 Å². The summed E-state index contributed by atoms with van der Waals surface area (Å²) in [5.41, 5.74) is 5.37. The number of carbonyl (C=O) groups is 3. The number of benzene rings is 2. The van der Waals surface area contributed by atoms with E-state index in [0.29, 0.717) is 32.6 Å². The molecule has 198 valence electrons. The summed E-state index contributed by atoms with van der Waals surface area (Å²) >= 11 is 0. The first kappa shape index (κ1) is 26.8. The first-order chi connectivity index (χ1) is 17.6. The summed E-state index contributed by atoms with van der Waals surface area (Å²) in [7, 11) is 1.68. The standard InChI is InChI=1S/C28H36FN5O3/c1-18(2)30-9-10-33(17-28(37)32(4)34-15-21-5-7-23(29)12-22(21)16-34)27(36)14-31-25-13-24-20(11-19(25)3)6-8-26(24)35/h5,7,11-13,18,30-31H,6,8-10,14-17H2,1-4H3. The van der Waals surface area contributed by atoms with Crippen molar-refractivity contribution in [3.05, 3.63) is 64.0 Å². The largest absolute Gasteiger partial charge is 0.376 e. The number of halogens is 1. The number of amides is 2. The van der Waals surface area contributed by atoms with Gasteiger partial charge in [-0.1, -0.05) is 26.0 Å². The summed E-state index contributed by atoms with van der Waals surface area (Å²) in [5, 5.41) is 9.86. The number of hydrazine groups is 1. The summed E-state index contributed by atoms with van der Waals surface area (Å²) in [6.45, 7) is 7.84. The van der Waals surface area contributed by atoms with Gasteiger partial charge in [0.1, 0.15) is 12.4 Å². The van der Waals surface area contributed by atoms with Crippen LogP contribution in [0.15, 0.2) is 30.3 Å². The Hall–Kier alpha value is -3.30. The predicted octanol–water partition coefficient (Wildman–Crippen LogP) is 2.89. The van der Waals surface area contributed by atoms with Gasteiger partial charge in [0, 0.05) is 56.9 Å². The highest BCUT2D eigenvalue weighted by atomic mass is 19.1. The van der Waals surface area contributed by atoms with Gasteiger partial charge in [-0.25, -0.2) is 9.40 Å². The van der Waals surface area contributed by atoms with Gasteiger partial charge in [0.15, 0.2) is 5.78 Å². The highest BCUT2D eigenvalue weighted by molar-refractivity contribution is 6.01. The van der Waals surface area contributed by atoms with E-state index in [1.165, 1.54) is 17.1 Å². The van der Waals surface area contributed by atoms with Gasteiger partial charge in [-0.2, -0.15) is 0 Å². The first-order valence-corrected chi connectivity index (χ1v) is 12.8. The monoisotopic (exact) mass is 509 g/mol. The van der Waals surface area contributed by atoms with E-state index in [1.807, 2.05) is 37.9 Å². The number of hydrogen-bond donors (Lipinski definition) is 2. The molecule has 1 aliphatic carbocycles. The van der Waals surface area contributed by atoms with Crippen molar-refractivity contribution >= 4 is 23.3 Å². The van der Waals surface area contributed by atoms with E-state index >= 15 is 0 Å². The number of fused-ring (bicyclic) bond motifs is 2. The summed E-state index contributed by atoms with van der Waals surface area (Å²) in [5.74, 6) is -0.582. The zero-order chi connectivity index (χ0) is 26.7. The number of hydrogen-bond acceptors (Lipinski definition) is 6. The fourth-order valence-electron chi connectivity index (χ4n) is 4.85. The van der Waals surface area contributed by atoms with E-state index in [0.717, 1.165) is 39.9 Å². The molecule has 2 aromatic rings. The molecular weight excluding hydrogens is 473 g/mol. The quantitative estimate of drug-likeness (QED) is 0.513. The van der Waals surface area contributed by atoms with Gasteiger partial charge in [0.2, 0.25) is 5.91 Å². The SMILES string of the molecule is Cc1cc2c(cc1NCC(=O)N(CCNC(C)C)CC(=O)N(C)N1Cc3ccc(F)cc3C1)C(=O)CC2. The molecule has 2 aromatic carbocycles. The molecule has 9 heteroatoms. The number of ketones is 1. The van der Waals surface area contributed by atoms with Crippen LogP contribution in [-0.4, -0.2) is 71.8 Å². The maximum absolute atomic E-state index is 13.6. The number of likely N-dealkylation sites (N-methyl/N-ethyl adjacent to an activating group) is 1.